The van der Waals surface area contributed by atoms with E-state index < -0.39 is 33.5 Å². The standard InChI is InChI=1S/C12H13FO4S/c1-7(12(14)15)5-8-6-18(16,17)10-4-2-3-9(13)11(8)10/h2-4,7-8H,5-6H2,1H3,(H,14,15). The zero-order valence-electron chi connectivity index (χ0n) is 9.76. The van der Waals surface area contributed by atoms with Gasteiger partial charge in [0.25, 0.3) is 0 Å². The number of hydrogen-bond acceptors (Lipinski definition) is 3. The van der Waals surface area contributed by atoms with Crippen molar-refractivity contribution in [3.8, 4) is 0 Å². The fourth-order valence-electron chi connectivity index (χ4n) is 2.34. The maximum absolute atomic E-state index is 13.7. The van der Waals surface area contributed by atoms with Gasteiger partial charge in [-0.05, 0) is 18.6 Å². The Balaban J connectivity index is 2.42. The van der Waals surface area contributed by atoms with E-state index in [1.54, 1.807) is 0 Å². The van der Waals surface area contributed by atoms with Crippen molar-refractivity contribution >= 4 is 15.8 Å². The predicted octanol–water partition coefficient (Wildman–Crippen LogP) is 1.81. The van der Waals surface area contributed by atoms with Crippen LogP contribution in [-0.4, -0.2) is 25.2 Å². The molecule has 0 aromatic heterocycles. The van der Waals surface area contributed by atoms with Crippen LogP contribution < -0.4 is 0 Å². The Morgan fingerprint density at radius 3 is 2.83 bits per heavy atom. The molecule has 0 saturated heterocycles. The zero-order valence-corrected chi connectivity index (χ0v) is 10.6. The summed E-state index contributed by atoms with van der Waals surface area (Å²) < 4.78 is 37.4. The highest BCUT2D eigenvalue weighted by atomic mass is 32.2. The highest BCUT2D eigenvalue weighted by Crippen LogP contribution is 2.39. The number of carboxylic acids is 1. The molecule has 0 amide bonds. The minimum Gasteiger partial charge on any atom is -0.481 e. The topological polar surface area (TPSA) is 71.4 Å². The second-order valence-electron chi connectivity index (χ2n) is 4.60. The lowest BCUT2D eigenvalue weighted by atomic mass is 9.91. The van der Waals surface area contributed by atoms with E-state index in [9.17, 15) is 17.6 Å². The second-order valence-corrected chi connectivity index (χ2v) is 6.61. The molecule has 6 heteroatoms. The van der Waals surface area contributed by atoms with Crippen molar-refractivity contribution in [3.63, 3.8) is 0 Å². The lowest BCUT2D eigenvalue weighted by Crippen LogP contribution is -2.15. The second kappa shape index (κ2) is 4.35. The average molecular weight is 272 g/mol. The first-order valence-corrected chi connectivity index (χ1v) is 7.22. The van der Waals surface area contributed by atoms with E-state index in [2.05, 4.69) is 0 Å². The van der Waals surface area contributed by atoms with Crippen molar-refractivity contribution in [3.05, 3.63) is 29.6 Å². The van der Waals surface area contributed by atoms with Gasteiger partial charge in [0.1, 0.15) is 5.82 Å². The number of halogens is 1. The average Bonchev–Trinajstić information content (AvgIpc) is 2.51. The van der Waals surface area contributed by atoms with Crippen LogP contribution in [0.3, 0.4) is 0 Å². The molecule has 1 aliphatic heterocycles. The largest absolute Gasteiger partial charge is 0.481 e. The molecule has 1 aromatic carbocycles. The van der Waals surface area contributed by atoms with Crippen molar-refractivity contribution in [1.29, 1.82) is 0 Å². The third-order valence-electron chi connectivity index (χ3n) is 3.24. The van der Waals surface area contributed by atoms with Gasteiger partial charge in [0, 0.05) is 11.5 Å². The molecule has 0 fully saturated rings. The molecule has 0 radical (unpaired) electrons. The highest BCUT2D eigenvalue weighted by molar-refractivity contribution is 7.91. The lowest BCUT2D eigenvalue weighted by Gasteiger charge is -2.13. The van der Waals surface area contributed by atoms with E-state index in [4.69, 9.17) is 5.11 Å². The number of aliphatic carboxylic acids is 1. The van der Waals surface area contributed by atoms with Crippen LogP contribution in [0.2, 0.25) is 0 Å². The summed E-state index contributed by atoms with van der Waals surface area (Å²) in [7, 11) is -3.48. The third kappa shape index (κ3) is 2.12. The summed E-state index contributed by atoms with van der Waals surface area (Å²) in [4.78, 5) is 10.8. The van der Waals surface area contributed by atoms with Gasteiger partial charge < -0.3 is 5.11 Å². The molecule has 2 unspecified atom stereocenters. The van der Waals surface area contributed by atoms with Gasteiger partial charge in [-0.25, -0.2) is 12.8 Å². The SMILES string of the molecule is CC(CC1CS(=O)(=O)c2cccc(F)c21)C(=O)O. The van der Waals surface area contributed by atoms with Gasteiger partial charge in [-0.3, -0.25) is 4.79 Å². The molecular formula is C12H13FO4S. The normalized spacial score (nSPS) is 22.4. The summed E-state index contributed by atoms with van der Waals surface area (Å²) in [6.45, 7) is 1.49. The Kier molecular flexibility index (Phi) is 3.14. The monoisotopic (exact) mass is 272 g/mol. The third-order valence-corrected chi connectivity index (χ3v) is 5.10. The first-order valence-electron chi connectivity index (χ1n) is 5.57. The summed E-state index contributed by atoms with van der Waals surface area (Å²) in [6.07, 6.45) is 0.127. The number of fused-ring (bicyclic) bond motifs is 1. The van der Waals surface area contributed by atoms with Crippen molar-refractivity contribution in [1.82, 2.24) is 0 Å². The van der Waals surface area contributed by atoms with Gasteiger partial charge in [0.2, 0.25) is 0 Å². The molecule has 4 nitrogen and oxygen atoms in total. The molecule has 1 aliphatic rings. The number of carbonyl (C=O) groups is 1. The van der Waals surface area contributed by atoms with Gasteiger partial charge in [0.05, 0.1) is 16.6 Å². The van der Waals surface area contributed by atoms with E-state index >= 15 is 0 Å². The summed E-state index contributed by atoms with van der Waals surface area (Å²) in [5.74, 6) is -3.05. The van der Waals surface area contributed by atoms with Crippen LogP contribution in [0, 0.1) is 11.7 Å². The Bertz CT molecular complexity index is 594. The van der Waals surface area contributed by atoms with Gasteiger partial charge >= 0.3 is 5.97 Å². The minimum absolute atomic E-state index is 0.00471. The quantitative estimate of drug-likeness (QED) is 0.910. The van der Waals surface area contributed by atoms with Gasteiger partial charge in [-0.2, -0.15) is 0 Å². The number of hydrogen-bond donors (Lipinski definition) is 1. The lowest BCUT2D eigenvalue weighted by molar-refractivity contribution is -0.141. The van der Waals surface area contributed by atoms with Gasteiger partial charge in [0.15, 0.2) is 9.84 Å². The Morgan fingerprint density at radius 1 is 1.56 bits per heavy atom. The van der Waals surface area contributed by atoms with Crippen molar-refractivity contribution in [2.24, 2.45) is 5.92 Å². The van der Waals surface area contributed by atoms with Crippen LogP contribution in [0.4, 0.5) is 4.39 Å². The molecule has 2 atom stereocenters. The molecule has 1 N–H and O–H groups in total. The molecule has 18 heavy (non-hydrogen) atoms. The molecule has 98 valence electrons. The molecule has 0 aliphatic carbocycles. The molecule has 0 bridgehead atoms. The Hall–Kier alpha value is -1.43. The summed E-state index contributed by atoms with van der Waals surface area (Å²) >= 11 is 0. The van der Waals surface area contributed by atoms with Crippen LogP contribution in [-0.2, 0) is 14.6 Å². The number of carboxylic acid groups (broad SMARTS) is 1. The molecular weight excluding hydrogens is 259 g/mol. The van der Waals surface area contributed by atoms with Crippen molar-refractivity contribution < 1.29 is 22.7 Å². The summed E-state index contributed by atoms with van der Waals surface area (Å²) in [6, 6.07) is 3.94. The summed E-state index contributed by atoms with van der Waals surface area (Å²) in [5, 5.41) is 8.85. The van der Waals surface area contributed by atoms with Crippen LogP contribution in [0.25, 0.3) is 0 Å². The van der Waals surface area contributed by atoms with Gasteiger partial charge in [-0.15, -0.1) is 0 Å². The fraction of sp³-hybridized carbons (Fsp3) is 0.417. The maximum Gasteiger partial charge on any atom is 0.306 e. The zero-order chi connectivity index (χ0) is 13.5. The maximum atomic E-state index is 13.7. The van der Waals surface area contributed by atoms with Crippen LogP contribution in [0.1, 0.15) is 24.8 Å². The van der Waals surface area contributed by atoms with E-state index in [0.717, 1.165) is 0 Å². The van der Waals surface area contributed by atoms with Gasteiger partial charge in [-0.1, -0.05) is 13.0 Å². The Labute approximate surface area is 104 Å². The number of benzene rings is 1. The number of sulfone groups is 1. The van der Waals surface area contributed by atoms with E-state index in [0.29, 0.717) is 0 Å². The van der Waals surface area contributed by atoms with Crippen LogP contribution in [0.15, 0.2) is 23.1 Å². The first-order chi connectivity index (χ1) is 8.33. The van der Waals surface area contributed by atoms with E-state index in [-0.39, 0.29) is 22.6 Å². The number of rotatable bonds is 3. The van der Waals surface area contributed by atoms with E-state index in [1.807, 2.05) is 0 Å². The molecule has 2 rings (SSSR count). The van der Waals surface area contributed by atoms with Crippen LogP contribution in [0.5, 0.6) is 0 Å². The molecule has 1 aromatic rings. The predicted molar refractivity (Wildman–Crippen MR) is 62.6 cm³/mol. The smallest absolute Gasteiger partial charge is 0.306 e. The highest BCUT2D eigenvalue weighted by Gasteiger charge is 2.38. The fourth-order valence-corrected chi connectivity index (χ4v) is 4.23. The molecule has 0 saturated carbocycles. The Morgan fingerprint density at radius 2 is 2.22 bits per heavy atom. The van der Waals surface area contributed by atoms with Crippen molar-refractivity contribution in [2.45, 2.75) is 24.2 Å². The minimum atomic E-state index is -3.48. The van der Waals surface area contributed by atoms with Crippen molar-refractivity contribution in [2.75, 3.05) is 5.75 Å². The summed E-state index contributed by atoms with van der Waals surface area (Å²) in [5.41, 5.74) is 0.144. The van der Waals surface area contributed by atoms with E-state index in [1.165, 1.54) is 25.1 Å². The first kappa shape index (κ1) is 13.0. The van der Waals surface area contributed by atoms with Crippen LogP contribution >= 0.6 is 0 Å². The molecule has 0 spiro atoms. The molecule has 1 heterocycles.